The molecular weight excluding hydrogens is 350 g/mol. The molecule has 3 aromatic rings. The van der Waals surface area contributed by atoms with Gasteiger partial charge in [0.05, 0.1) is 5.56 Å². The van der Waals surface area contributed by atoms with Crippen LogP contribution < -0.4 is 4.57 Å². The van der Waals surface area contributed by atoms with Crippen LogP contribution in [0.3, 0.4) is 0 Å². The molecule has 1 heteroatoms. The van der Waals surface area contributed by atoms with Gasteiger partial charge in [-0.15, -0.1) is 0 Å². The van der Waals surface area contributed by atoms with Crippen molar-refractivity contribution in [3.63, 3.8) is 0 Å². The van der Waals surface area contributed by atoms with Gasteiger partial charge in [-0.3, -0.25) is 0 Å². The summed E-state index contributed by atoms with van der Waals surface area (Å²) < 4.78 is 2.38. The van der Waals surface area contributed by atoms with Gasteiger partial charge in [-0.05, 0) is 71.9 Å². The van der Waals surface area contributed by atoms with E-state index in [9.17, 15) is 0 Å². The predicted molar refractivity (Wildman–Crippen MR) is 119 cm³/mol. The molecule has 0 bridgehead atoms. The highest BCUT2D eigenvalue weighted by Gasteiger charge is 2.51. The zero-order valence-corrected chi connectivity index (χ0v) is 17.8. The number of rotatable bonds is 0. The Labute approximate surface area is 174 Å². The van der Waals surface area contributed by atoms with Gasteiger partial charge in [-0.2, -0.15) is 0 Å². The standard InChI is InChI=1S/C28H30N/c1-18-14-15-22-21-11-5-7-13-24(21)28(2)23-12-6-4-9-19(23)17-20-10-8-16-29(3)27(20)25(18)26(22)28/h5,7-8,10-11,13-16,19,23H,4,6,9,12,17H2,1-3H3/q+1. The van der Waals surface area contributed by atoms with Crippen molar-refractivity contribution in [3.05, 3.63) is 77.0 Å². The van der Waals surface area contributed by atoms with Gasteiger partial charge in [0.2, 0.25) is 5.69 Å². The van der Waals surface area contributed by atoms with Gasteiger partial charge in [0.1, 0.15) is 7.05 Å². The summed E-state index contributed by atoms with van der Waals surface area (Å²) in [7, 11) is 2.23. The zero-order chi connectivity index (χ0) is 19.8. The van der Waals surface area contributed by atoms with Crippen LogP contribution in [0.25, 0.3) is 22.4 Å². The highest BCUT2D eigenvalue weighted by molar-refractivity contribution is 5.89. The monoisotopic (exact) mass is 380 g/mol. The maximum atomic E-state index is 2.58. The summed E-state index contributed by atoms with van der Waals surface area (Å²) in [6.45, 7) is 4.90. The highest BCUT2D eigenvalue weighted by atomic mass is 14.9. The summed E-state index contributed by atoms with van der Waals surface area (Å²) in [6, 6.07) is 18.7. The van der Waals surface area contributed by atoms with Crippen molar-refractivity contribution in [1.82, 2.24) is 0 Å². The Morgan fingerprint density at radius 2 is 1.76 bits per heavy atom. The van der Waals surface area contributed by atoms with Gasteiger partial charge >= 0.3 is 0 Å². The molecule has 0 N–H and O–H groups in total. The Hall–Kier alpha value is -2.41. The van der Waals surface area contributed by atoms with Crippen LogP contribution in [-0.2, 0) is 18.9 Å². The van der Waals surface area contributed by atoms with E-state index in [1.54, 1.807) is 16.7 Å². The Morgan fingerprint density at radius 1 is 0.931 bits per heavy atom. The van der Waals surface area contributed by atoms with Crippen LogP contribution in [0.15, 0.2) is 54.7 Å². The summed E-state index contributed by atoms with van der Waals surface area (Å²) in [5.74, 6) is 1.49. The third-order valence-corrected chi connectivity index (χ3v) is 8.34. The second-order valence-electron chi connectivity index (χ2n) is 9.78. The minimum Gasteiger partial charge on any atom is -0.201 e. The number of aryl methyl sites for hydroxylation is 2. The van der Waals surface area contributed by atoms with Gasteiger partial charge < -0.3 is 0 Å². The number of aromatic nitrogens is 1. The first-order chi connectivity index (χ1) is 14.1. The molecule has 3 aliphatic carbocycles. The van der Waals surface area contributed by atoms with Crippen LogP contribution in [0.2, 0.25) is 0 Å². The number of nitrogens with zero attached hydrogens (tertiary/aromatic N) is 1. The first-order valence-corrected chi connectivity index (χ1v) is 11.3. The second kappa shape index (κ2) is 6.05. The number of hydrogen-bond donors (Lipinski definition) is 0. The van der Waals surface area contributed by atoms with Crippen LogP contribution in [-0.4, -0.2) is 0 Å². The molecule has 29 heavy (non-hydrogen) atoms. The van der Waals surface area contributed by atoms with E-state index in [-0.39, 0.29) is 5.41 Å². The van der Waals surface area contributed by atoms with Crippen molar-refractivity contribution in [1.29, 1.82) is 0 Å². The molecule has 0 spiro atoms. The van der Waals surface area contributed by atoms with Crippen LogP contribution in [0.4, 0.5) is 0 Å². The number of hydrogen-bond acceptors (Lipinski definition) is 0. The number of benzene rings is 2. The van der Waals surface area contributed by atoms with Crippen molar-refractivity contribution in [2.75, 3.05) is 0 Å². The third-order valence-electron chi connectivity index (χ3n) is 8.34. The van der Waals surface area contributed by atoms with Crippen molar-refractivity contribution >= 4 is 0 Å². The van der Waals surface area contributed by atoms with Crippen LogP contribution >= 0.6 is 0 Å². The predicted octanol–water partition coefficient (Wildman–Crippen LogP) is 6.14. The smallest absolute Gasteiger partial charge is 0.201 e. The topological polar surface area (TPSA) is 3.88 Å². The van der Waals surface area contributed by atoms with Crippen LogP contribution in [0, 0.1) is 18.8 Å². The molecule has 0 radical (unpaired) electrons. The average molecular weight is 381 g/mol. The molecule has 1 heterocycles. The molecule has 2 aromatic carbocycles. The van der Waals surface area contributed by atoms with E-state index in [2.05, 4.69) is 80.2 Å². The summed E-state index contributed by atoms with van der Waals surface area (Å²) in [4.78, 5) is 0. The fourth-order valence-corrected chi connectivity index (χ4v) is 7.13. The lowest BCUT2D eigenvalue weighted by atomic mass is 9.57. The van der Waals surface area contributed by atoms with E-state index >= 15 is 0 Å². The molecular formula is C28H30N+. The molecule has 1 nitrogen and oxygen atoms in total. The third kappa shape index (κ3) is 2.19. The van der Waals surface area contributed by atoms with Crippen LogP contribution in [0.1, 0.15) is 54.9 Å². The van der Waals surface area contributed by atoms with E-state index < -0.39 is 0 Å². The Bertz CT molecular complexity index is 1140. The fourth-order valence-electron chi connectivity index (χ4n) is 7.13. The molecule has 0 amide bonds. The first kappa shape index (κ1) is 17.4. The quantitative estimate of drug-likeness (QED) is 0.413. The molecule has 1 aromatic heterocycles. The summed E-state index contributed by atoms with van der Waals surface area (Å²) in [5.41, 5.74) is 12.1. The Kier molecular flexibility index (Phi) is 3.64. The minimum absolute atomic E-state index is 0.110. The largest absolute Gasteiger partial charge is 0.216 e. The Morgan fingerprint density at radius 3 is 2.66 bits per heavy atom. The van der Waals surface area contributed by atoms with Gasteiger partial charge in [-0.1, -0.05) is 56.2 Å². The Balaban J connectivity index is 1.79. The number of pyridine rings is 1. The molecule has 6 rings (SSSR count). The van der Waals surface area contributed by atoms with Crippen molar-refractivity contribution < 1.29 is 4.57 Å². The molecule has 3 atom stereocenters. The van der Waals surface area contributed by atoms with Gasteiger partial charge in [0.15, 0.2) is 6.20 Å². The van der Waals surface area contributed by atoms with Gasteiger partial charge in [0.25, 0.3) is 0 Å². The van der Waals surface area contributed by atoms with E-state index in [1.807, 2.05) is 0 Å². The van der Waals surface area contributed by atoms with E-state index in [0.29, 0.717) is 0 Å². The van der Waals surface area contributed by atoms with E-state index in [4.69, 9.17) is 0 Å². The lowest BCUT2D eigenvalue weighted by Crippen LogP contribution is -2.42. The minimum atomic E-state index is 0.110. The summed E-state index contributed by atoms with van der Waals surface area (Å²) in [6.07, 6.45) is 8.95. The average Bonchev–Trinajstić information content (AvgIpc) is 2.98. The molecule has 1 fully saturated rings. The lowest BCUT2D eigenvalue weighted by Gasteiger charge is -2.46. The van der Waals surface area contributed by atoms with Gasteiger partial charge in [-0.25, -0.2) is 4.57 Å². The van der Waals surface area contributed by atoms with Crippen molar-refractivity contribution in [2.45, 2.75) is 51.4 Å². The maximum Gasteiger partial charge on any atom is 0.216 e. The second-order valence-corrected chi connectivity index (χ2v) is 9.78. The van der Waals surface area contributed by atoms with Crippen molar-refractivity contribution in [3.8, 4) is 22.4 Å². The first-order valence-electron chi connectivity index (χ1n) is 11.3. The molecule has 1 saturated carbocycles. The van der Waals surface area contributed by atoms with E-state index in [0.717, 1.165) is 11.8 Å². The normalized spacial score (nSPS) is 26.6. The highest BCUT2D eigenvalue weighted by Crippen LogP contribution is 2.60. The van der Waals surface area contributed by atoms with Crippen LogP contribution in [0.5, 0.6) is 0 Å². The summed E-state index contributed by atoms with van der Waals surface area (Å²) >= 11 is 0. The number of fused-ring (bicyclic) bond motifs is 7. The van der Waals surface area contributed by atoms with Crippen molar-refractivity contribution in [2.24, 2.45) is 18.9 Å². The molecule has 146 valence electrons. The lowest BCUT2D eigenvalue weighted by molar-refractivity contribution is -0.660. The molecule has 3 unspecified atom stereocenters. The zero-order valence-electron chi connectivity index (χ0n) is 17.8. The molecule has 0 saturated heterocycles. The SMILES string of the molecule is Cc1ccc2c3c1-c1c(ccc[n+]1C)CC1CCCCC1C3(C)c1ccccc1-2. The maximum absolute atomic E-state index is 2.58. The molecule has 0 aliphatic heterocycles. The van der Waals surface area contributed by atoms with Gasteiger partial charge in [0, 0.05) is 17.0 Å². The summed E-state index contributed by atoms with van der Waals surface area (Å²) in [5, 5.41) is 0. The molecule has 3 aliphatic rings. The fraction of sp³-hybridized carbons (Fsp3) is 0.393. The van der Waals surface area contributed by atoms with E-state index in [1.165, 1.54) is 60.1 Å².